The maximum Gasteiger partial charge on any atom is 0.323 e. The molecule has 0 saturated carbocycles. The van der Waals surface area contributed by atoms with Crippen molar-refractivity contribution in [2.24, 2.45) is 0 Å². The van der Waals surface area contributed by atoms with E-state index < -0.39 is 11.9 Å². The molecule has 5 nitrogen and oxygen atoms in total. The van der Waals surface area contributed by atoms with Crippen LogP contribution in [0.4, 0.5) is 0 Å². The van der Waals surface area contributed by atoms with E-state index in [1.54, 1.807) is 13.0 Å². The number of aromatic nitrogens is 1. The van der Waals surface area contributed by atoms with E-state index in [9.17, 15) is 9.59 Å². The van der Waals surface area contributed by atoms with Crippen LogP contribution in [0.15, 0.2) is 18.3 Å². The molecule has 0 saturated heterocycles. The van der Waals surface area contributed by atoms with Crippen molar-refractivity contribution in [3.05, 3.63) is 29.0 Å². The summed E-state index contributed by atoms with van der Waals surface area (Å²) in [7, 11) is 0. The third-order valence-corrected chi connectivity index (χ3v) is 2.98. The van der Waals surface area contributed by atoms with Crippen LogP contribution in [0.3, 0.4) is 0 Å². The standard InChI is InChI=1S/C12H15ClN2O3/c1-3-8(2)15(7-10(16)17)12(18)9-5-4-6-14-11(9)13/h4-6,8H,3,7H2,1-2H3,(H,16,17). The Morgan fingerprint density at radius 1 is 1.56 bits per heavy atom. The first-order chi connectivity index (χ1) is 8.47. The van der Waals surface area contributed by atoms with Gasteiger partial charge in [-0.15, -0.1) is 0 Å². The maximum absolute atomic E-state index is 12.2. The Bertz CT molecular complexity index is 451. The van der Waals surface area contributed by atoms with Gasteiger partial charge in [0, 0.05) is 12.2 Å². The Morgan fingerprint density at radius 3 is 2.72 bits per heavy atom. The number of hydrogen-bond acceptors (Lipinski definition) is 3. The van der Waals surface area contributed by atoms with Crippen LogP contribution in [0, 0.1) is 0 Å². The molecule has 1 aromatic heterocycles. The lowest BCUT2D eigenvalue weighted by Gasteiger charge is -2.27. The molecule has 0 aliphatic carbocycles. The van der Waals surface area contributed by atoms with Crippen LogP contribution in [0.25, 0.3) is 0 Å². The lowest BCUT2D eigenvalue weighted by atomic mass is 10.1. The monoisotopic (exact) mass is 270 g/mol. The minimum atomic E-state index is -1.05. The van der Waals surface area contributed by atoms with Gasteiger partial charge in [0.1, 0.15) is 11.7 Å². The first-order valence-corrected chi connectivity index (χ1v) is 5.98. The smallest absolute Gasteiger partial charge is 0.323 e. The molecule has 18 heavy (non-hydrogen) atoms. The van der Waals surface area contributed by atoms with Crippen molar-refractivity contribution < 1.29 is 14.7 Å². The second kappa shape index (κ2) is 6.35. The first kappa shape index (κ1) is 14.4. The highest BCUT2D eigenvalue weighted by molar-refractivity contribution is 6.32. The molecule has 1 unspecified atom stereocenters. The summed E-state index contributed by atoms with van der Waals surface area (Å²) in [5.41, 5.74) is 0.223. The van der Waals surface area contributed by atoms with Gasteiger partial charge in [0.25, 0.3) is 5.91 Å². The average Bonchev–Trinajstić information content (AvgIpc) is 2.34. The fourth-order valence-electron chi connectivity index (χ4n) is 1.49. The summed E-state index contributed by atoms with van der Waals surface area (Å²) in [4.78, 5) is 28.1. The van der Waals surface area contributed by atoms with Crippen LogP contribution in [-0.2, 0) is 4.79 Å². The average molecular weight is 271 g/mol. The van der Waals surface area contributed by atoms with Gasteiger partial charge in [-0.05, 0) is 25.5 Å². The summed E-state index contributed by atoms with van der Waals surface area (Å²) in [6, 6.07) is 2.95. The molecule has 1 atom stereocenters. The molecule has 0 radical (unpaired) electrons. The van der Waals surface area contributed by atoms with Crippen LogP contribution < -0.4 is 0 Å². The molecule has 0 bridgehead atoms. The van der Waals surface area contributed by atoms with E-state index in [1.807, 2.05) is 6.92 Å². The largest absolute Gasteiger partial charge is 0.480 e. The Balaban J connectivity index is 3.02. The van der Waals surface area contributed by atoms with E-state index in [0.717, 1.165) is 0 Å². The summed E-state index contributed by atoms with van der Waals surface area (Å²) < 4.78 is 0. The minimum Gasteiger partial charge on any atom is -0.480 e. The lowest BCUT2D eigenvalue weighted by molar-refractivity contribution is -0.138. The number of hydrogen-bond donors (Lipinski definition) is 1. The van der Waals surface area contributed by atoms with Gasteiger partial charge in [0.2, 0.25) is 0 Å². The van der Waals surface area contributed by atoms with Gasteiger partial charge in [-0.2, -0.15) is 0 Å². The normalized spacial score (nSPS) is 11.9. The lowest BCUT2D eigenvalue weighted by Crippen LogP contribution is -2.42. The molecule has 0 aliphatic rings. The van der Waals surface area contributed by atoms with Crippen molar-refractivity contribution in [2.45, 2.75) is 26.3 Å². The number of carbonyl (C=O) groups excluding carboxylic acids is 1. The summed E-state index contributed by atoms with van der Waals surface area (Å²) >= 11 is 5.84. The molecule has 0 aromatic carbocycles. The predicted octanol–water partition coefficient (Wildman–Crippen LogP) is 2.06. The summed E-state index contributed by atoms with van der Waals surface area (Å²) in [5, 5.41) is 8.94. The SMILES string of the molecule is CCC(C)N(CC(=O)O)C(=O)c1cccnc1Cl. The van der Waals surface area contributed by atoms with Gasteiger partial charge in [-0.1, -0.05) is 18.5 Å². The number of nitrogens with zero attached hydrogens (tertiary/aromatic N) is 2. The van der Waals surface area contributed by atoms with E-state index in [4.69, 9.17) is 16.7 Å². The molecule has 1 rings (SSSR count). The van der Waals surface area contributed by atoms with Crippen LogP contribution in [-0.4, -0.2) is 39.5 Å². The second-order valence-corrected chi connectivity index (χ2v) is 4.28. The van der Waals surface area contributed by atoms with Crippen LogP contribution in [0.2, 0.25) is 5.15 Å². The zero-order valence-electron chi connectivity index (χ0n) is 10.3. The van der Waals surface area contributed by atoms with Crippen LogP contribution >= 0.6 is 11.6 Å². The van der Waals surface area contributed by atoms with Crippen molar-refractivity contribution in [1.29, 1.82) is 0 Å². The Hall–Kier alpha value is -1.62. The summed E-state index contributed by atoms with van der Waals surface area (Å²) in [5.74, 6) is -1.46. The number of pyridine rings is 1. The van der Waals surface area contributed by atoms with E-state index in [0.29, 0.717) is 6.42 Å². The third kappa shape index (κ3) is 3.43. The van der Waals surface area contributed by atoms with E-state index in [-0.39, 0.29) is 23.3 Å². The number of carboxylic acids is 1. The first-order valence-electron chi connectivity index (χ1n) is 5.60. The molecule has 98 valence electrons. The van der Waals surface area contributed by atoms with Gasteiger partial charge in [-0.25, -0.2) is 4.98 Å². The molecule has 6 heteroatoms. The zero-order chi connectivity index (χ0) is 13.7. The third-order valence-electron chi connectivity index (χ3n) is 2.68. The highest BCUT2D eigenvalue weighted by Gasteiger charge is 2.24. The predicted molar refractivity (Wildman–Crippen MR) is 67.7 cm³/mol. The minimum absolute atomic E-state index is 0.0844. The van der Waals surface area contributed by atoms with Crippen molar-refractivity contribution in [3.8, 4) is 0 Å². The van der Waals surface area contributed by atoms with Gasteiger partial charge in [0.05, 0.1) is 5.56 Å². The molecule has 1 aromatic rings. The molecule has 0 spiro atoms. The quantitative estimate of drug-likeness (QED) is 0.832. The second-order valence-electron chi connectivity index (χ2n) is 3.93. The molecule has 1 N–H and O–H groups in total. The molecule has 1 amide bonds. The fourth-order valence-corrected chi connectivity index (χ4v) is 1.69. The number of carboxylic acid groups (broad SMARTS) is 1. The molecule has 1 heterocycles. The van der Waals surface area contributed by atoms with Gasteiger partial charge in [0.15, 0.2) is 0 Å². The number of rotatable bonds is 5. The van der Waals surface area contributed by atoms with Gasteiger partial charge in [-0.3, -0.25) is 9.59 Å². The number of amides is 1. The summed E-state index contributed by atoms with van der Waals surface area (Å²) in [6.07, 6.45) is 2.14. The summed E-state index contributed by atoms with van der Waals surface area (Å²) in [6.45, 7) is 3.34. The van der Waals surface area contributed by atoms with Crippen molar-refractivity contribution in [1.82, 2.24) is 9.88 Å². The van der Waals surface area contributed by atoms with E-state index >= 15 is 0 Å². The maximum atomic E-state index is 12.2. The zero-order valence-corrected chi connectivity index (χ0v) is 11.0. The Morgan fingerprint density at radius 2 is 2.22 bits per heavy atom. The van der Waals surface area contributed by atoms with Crippen LogP contribution in [0.1, 0.15) is 30.6 Å². The Kier molecular flexibility index (Phi) is 5.09. The highest BCUT2D eigenvalue weighted by Crippen LogP contribution is 2.16. The number of halogens is 1. The molecule has 0 aliphatic heterocycles. The topological polar surface area (TPSA) is 70.5 Å². The molecular weight excluding hydrogens is 256 g/mol. The number of carbonyl (C=O) groups is 2. The fraction of sp³-hybridized carbons (Fsp3) is 0.417. The van der Waals surface area contributed by atoms with Gasteiger partial charge < -0.3 is 10.0 Å². The van der Waals surface area contributed by atoms with Crippen molar-refractivity contribution >= 4 is 23.5 Å². The van der Waals surface area contributed by atoms with E-state index in [1.165, 1.54) is 17.2 Å². The van der Waals surface area contributed by atoms with Crippen LogP contribution in [0.5, 0.6) is 0 Å². The van der Waals surface area contributed by atoms with Crippen molar-refractivity contribution in [3.63, 3.8) is 0 Å². The number of aliphatic carboxylic acids is 1. The van der Waals surface area contributed by atoms with E-state index in [2.05, 4.69) is 4.98 Å². The molecule has 0 fully saturated rings. The highest BCUT2D eigenvalue weighted by atomic mass is 35.5. The molecular formula is C12H15ClN2O3. The van der Waals surface area contributed by atoms with Crippen molar-refractivity contribution in [2.75, 3.05) is 6.54 Å². The Labute approximate surface area is 110 Å². The van der Waals surface area contributed by atoms with Gasteiger partial charge >= 0.3 is 5.97 Å².